The summed E-state index contributed by atoms with van der Waals surface area (Å²) in [6, 6.07) is 127. The molecular weight excluding hydrogens is 1400 g/mol. The van der Waals surface area contributed by atoms with E-state index in [1.807, 2.05) is 0 Å². The van der Waals surface area contributed by atoms with E-state index >= 15 is 0 Å². The van der Waals surface area contributed by atoms with Crippen molar-refractivity contribution < 1.29 is 0 Å². The Bertz CT molecular complexity index is 6100. The molecule has 0 aromatic heterocycles. The topological polar surface area (TPSA) is 13.0 Å². The molecule has 0 bridgehead atoms. The lowest BCUT2D eigenvalue weighted by atomic mass is 9.87. The summed E-state index contributed by atoms with van der Waals surface area (Å²) in [4.78, 5) is 11.1. The van der Waals surface area contributed by atoms with Crippen LogP contribution >= 0.6 is 0 Å². The lowest BCUT2D eigenvalue weighted by molar-refractivity contribution is 1.09. The quantitative estimate of drug-likeness (QED) is 0.0705. The van der Waals surface area contributed by atoms with Gasteiger partial charge < -0.3 is 19.6 Å². The van der Waals surface area contributed by atoms with Gasteiger partial charge in [-0.15, -0.1) is 0 Å². The average Bonchev–Trinajstić information content (AvgIpc) is 0.689. The fourth-order valence-corrected chi connectivity index (χ4v) is 19.9. The summed E-state index contributed by atoms with van der Waals surface area (Å²) < 4.78 is 0. The number of hydrogen-bond donors (Lipinski definition) is 0. The molecule has 0 unspecified atom stereocenters. The average molecular weight is 1500 g/mol. The lowest BCUT2D eigenvalue weighted by Crippen LogP contribution is -2.20. The highest BCUT2D eigenvalue weighted by atomic mass is 15.2. The van der Waals surface area contributed by atoms with Gasteiger partial charge in [-0.2, -0.15) is 0 Å². The molecule has 0 amide bonds. The maximum atomic E-state index is 2.78. The minimum absolute atomic E-state index is 0.807. The molecule has 20 aromatic carbocycles. The fraction of sp³-hybridized carbons (Fsp3) is 0.143. The first kappa shape index (κ1) is 71.7. The van der Waals surface area contributed by atoms with E-state index in [9.17, 15) is 0 Å². The van der Waals surface area contributed by atoms with Crippen LogP contribution in [-0.4, -0.2) is 0 Å². The molecule has 0 N–H and O–H groups in total. The summed E-state index contributed by atoms with van der Waals surface area (Å²) in [6.07, 6.45) is 6.46. The summed E-state index contributed by atoms with van der Waals surface area (Å²) in [5.41, 5.74) is 24.2. The summed E-state index contributed by atoms with van der Waals surface area (Å²) >= 11 is 0. The second kappa shape index (κ2) is 29.6. The highest BCUT2D eigenvalue weighted by Crippen LogP contribution is 2.61. The van der Waals surface area contributed by atoms with E-state index in [0.717, 1.165) is 95.7 Å². The number of rotatable bonds is 20. The van der Waals surface area contributed by atoms with Gasteiger partial charge in [-0.05, 0) is 151 Å². The molecule has 0 atom stereocenters. The van der Waals surface area contributed by atoms with E-state index < -0.39 is 0 Å². The van der Waals surface area contributed by atoms with Crippen LogP contribution < -0.4 is 19.6 Å². The van der Waals surface area contributed by atoms with Gasteiger partial charge in [-0.3, -0.25) is 0 Å². The molecule has 4 heteroatoms. The van der Waals surface area contributed by atoms with Crippen LogP contribution in [0.4, 0.5) is 68.2 Å². The Hall–Kier alpha value is -13.3. The van der Waals surface area contributed by atoms with Gasteiger partial charge in [0, 0.05) is 75.4 Å². The molecule has 20 rings (SSSR count). The molecule has 0 saturated carbocycles. The summed E-state index contributed by atoms with van der Waals surface area (Å²) in [7, 11) is 0. The Labute approximate surface area is 680 Å². The zero-order chi connectivity index (χ0) is 78.4. The highest BCUT2D eigenvalue weighted by Gasteiger charge is 2.36. The van der Waals surface area contributed by atoms with Crippen LogP contribution in [0, 0.1) is 0 Å². The van der Waals surface area contributed by atoms with Gasteiger partial charge in [-0.1, -0.05) is 371 Å². The third-order valence-electron chi connectivity index (χ3n) is 25.5. The van der Waals surface area contributed by atoms with Gasteiger partial charge in [-0.25, -0.2) is 0 Å². The van der Waals surface area contributed by atoms with Crippen molar-refractivity contribution in [2.75, 3.05) is 19.6 Å². The van der Waals surface area contributed by atoms with Crippen molar-refractivity contribution in [3.8, 4) is 0 Å². The zero-order valence-electron chi connectivity index (χ0n) is 67.6. The molecule has 0 fully saturated rings. The van der Waals surface area contributed by atoms with Crippen LogP contribution in [-0.2, 0) is 51.4 Å². The van der Waals surface area contributed by atoms with Crippen LogP contribution in [0.3, 0.4) is 0 Å². The lowest BCUT2D eigenvalue weighted by Gasteiger charge is -2.38. The fourth-order valence-electron chi connectivity index (χ4n) is 19.9. The Morgan fingerprint density at radius 1 is 0.147 bits per heavy atom. The first-order chi connectivity index (χ1) is 57.3. The molecule has 20 aromatic rings. The third kappa shape index (κ3) is 11.4. The Morgan fingerprint density at radius 3 is 0.422 bits per heavy atom. The van der Waals surface area contributed by atoms with Crippen molar-refractivity contribution in [2.45, 2.75) is 107 Å². The molecule has 562 valence electrons. The standard InChI is InChI=1S/C112H94N4/c1-9-71-49-57-79-33-17-25-41-87(79)105(71)113(106-72(10-2)50-58-80-34-18-26-42-88(80)106)99-69-100(114(107-73(11-3)51-59-81-35-19-27-43-89(81)107)108-74(12-4)52-60-82-36-20-28-44-90(82)108)96-67-68-98-102(116(111-77(15-7)55-63-85-39-23-31-47-93(85)111)112-78(16-8)56-64-86-40-24-32-48-94(86)112)70-101(97-66-65-95(99)103(96)104(97)98)115(109-75(13-5)53-61-83-37-21-29-45-91(83)109)110-76(14-6)54-62-84-38-22-30-46-92(84)110/h17-70H,9-16H2,1-8H3. The molecule has 4 nitrogen and oxygen atoms in total. The molecule has 0 aliphatic carbocycles. The van der Waals surface area contributed by atoms with Gasteiger partial charge in [0.1, 0.15) is 0 Å². The van der Waals surface area contributed by atoms with Gasteiger partial charge in [0.25, 0.3) is 0 Å². The molecule has 0 spiro atoms. The Morgan fingerprint density at radius 2 is 0.284 bits per heavy atom. The monoisotopic (exact) mass is 1490 g/mol. The SMILES string of the molecule is CCc1ccc2ccccc2c1N(c1c(CC)ccc2ccccc12)c1cc(N(c2c(CC)ccc3ccccc23)c2c(CC)ccc3ccccc23)c2ccc3c(N(c4c(CC)ccc5ccccc45)c4c(CC)ccc5ccccc45)cc(N(c4c(CC)ccc5ccccc45)c4c(CC)ccc5ccccc45)c4ccc1c2c43. The molecule has 116 heavy (non-hydrogen) atoms. The second-order valence-electron chi connectivity index (χ2n) is 31.4. The maximum Gasteiger partial charge on any atom is 0.0572 e. The molecule has 0 aliphatic rings. The molecule has 0 heterocycles. The van der Waals surface area contributed by atoms with Crippen LogP contribution in [0.1, 0.15) is 99.9 Å². The summed E-state index contributed by atoms with van der Waals surface area (Å²) in [6.45, 7) is 18.8. The minimum Gasteiger partial charge on any atom is -0.308 e. The molecule has 0 radical (unpaired) electrons. The normalized spacial score (nSPS) is 11.9. The van der Waals surface area contributed by atoms with Crippen LogP contribution in [0.15, 0.2) is 328 Å². The van der Waals surface area contributed by atoms with Gasteiger partial charge >= 0.3 is 0 Å². The van der Waals surface area contributed by atoms with Gasteiger partial charge in [0.05, 0.1) is 68.2 Å². The third-order valence-corrected chi connectivity index (χ3v) is 25.5. The second-order valence-corrected chi connectivity index (χ2v) is 31.4. The minimum atomic E-state index is 0.807. The predicted octanol–water partition coefficient (Wildman–Crippen LogP) is 32.2. The van der Waals surface area contributed by atoms with Crippen LogP contribution in [0.25, 0.3) is 118 Å². The number of aryl methyl sites for hydroxylation is 8. The number of anilines is 12. The van der Waals surface area contributed by atoms with E-state index in [4.69, 9.17) is 0 Å². The first-order valence-electron chi connectivity index (χ1n) is 42.3. The van der Waals surface area contributed by atoms with E-state index in [0.29, 0.717) is 0 Å². The number of hydrogen-bond acceptors (Lipinski definition) is 4. The van der Waals surface area contributed by atoms with Crippen molar-refractivity contribution in [3.05, 3.63) is 372 Å². The van der Waals surface area contributed by atoms with Gasteiger partial charge in [0.15, 0.2) is 0 Å². The largest absolute Gasteiger partial charge is 0.308 e. The summed E-state index contributed by atoms with van der Waals surface area (Å²) in [5.74, 6) is 0. The predicted molar refractivity (Wildman–Crippen MR) is 504 cm³/mol. The number of nitrogens with zero attached hydrogens (tertiary/aromatic N) is 4. The maximum absolute atomic E-state index is 2.78. The van der Waals surface area contributed by atoms with E-state index in [2.05, 4.69) is 403 Å². The van der Waals surface area contributed by atoms with Crippen molar-refractivity contribution in [1.82, 2.24) is 0 Å². The van der Waals surface area contributed by atoms with E-state index in [1.54, 1.807) is 0 Å². The number of benzene rings is 20. The molecule has 0 aliphatic heterocycles. The van der Waals surface area contributed by atoms with Crippen molar-refractivity contribution in [1.29, 1.82) is 0 Å². The Balaban J connectivity index is 1.09. The smallest absolute Gasteiger partial charge is 0.0572 e. The number of fused-ring (bicyclic) bond motifs is 8. The van der Waals surface area contributed by atoms with Crippen molar-refractivity contribution in [3.63, 3.8) is 0 Å². The van der Waals surface area contributed by atoms with E-state index in [-0.39, 0.29) is 0 Å². The summed E-state index contributed by atoms with van der Waals surface area (Å²) in [5, 5.41) is 26.3. The first-order valence-corrected chi connectivity index (χ1v) is 42.3. The molecule has 0 saturated heterocycles. The van der Waals surface area contributed by atoms with Crippen molar-refractivity contribution in [2.24, 2.45) is 0 Å². The van der Waals surface area contributed by atoms with E-state index in [1.165, 1.54) is 187 Å². The van der Waals surface area contributed by atoms with Gasteiger partial charge in [0.2, 0.25) is 0 Å². The van der Waals surface area contributed by atoms with Crippen LogP contribution in [0.2, 0.25) is 0 Å². The Kier molecular flexibility index (Phi) is 18.3. The van der Waals surface area contributed by atoms with Crippen LogP contribution in [0.5, 0.6) is 0 Å². The molecular formula is C112H94N4. The highest BCUT2D eigenvalue weighted by molar-refractivity contribution is 6.35. The zero-order valence-corrected chi connectivity index (χ0v) is 67.6. The van der Waals surface area contributed by atoms with Crippen molar-refractivity contribution >= 4 is 187 Å².